The molecule has 0 aliphatic heterocycles. The molecule has 8 N–H and O–H groups in total. The van der Waals surface area contributed by atoms with E-state index in [1.165, 1.54) is 0 Å². The second kappa shape index (κ2) is 54.8. The summed E-state index contributed by atoms with van der Waals surface area (Å²) >= 11 is -13.0. The monoisotopic (exact) mass is 2350 g/mol. The van der Waals surface area contributed by atoms with Crippen molar-refractivity contribution in [2.24, 2.45) is 0 Å². The minimum absolute atomic E-state index is 0. The van der Waals surface area contributed by atoms with Crippen LogP contribution in [0.3, 0.4) is 0 Å². The van der Waals surface area contributed by atoms with Gasteiger partial charge in [0.2, 0.25) is 0 Å². The Kier molecular flexibility index (Phi) is 48.4. The molecule has 12 rings (SSSR count). The maximum atomic E-state index is 9.91. The molecule has 0 heterocycles. The van der Waals surface area contributed by atoms with Crippen LogP contribution < -0.4 is 47.3 Å². The second-order valence-corrected chi connectivity index (χ2v) is 47.0. The third kappa shape index (κ3) is 51.4. The van der Waals surface area contributed by atoms with E-state index in [1.54, 1.807) is 23.5 Å². The Hall–Kier alpha value is -8.36. The summed E-state index contributed by atoms with van der Waals surface area (Å²) in [5, 5.41) is 73.3. The molecule has 0 fully saturated rings. The van der Waals surface area contributed by atoms with Crippen LogP contribution in [0, 0.1) is 0 Å². The zero-order valence-electron chi connectivity index (χ0n) is 71.3. The average Bonchev–Trinajstić information content (AvgIpc) is 0.802. The summed E-state index contributed by atoms with van der Waals surface area (Å²) in [5.74, 6) is 5.68. The number of aliphatic hydroxyl groups excluding tert-OH is 8. The molecule has 0 bridgehead atoms. The van der Waals surface area contributed by atoms with E-state index in [4.69, 9.17) is 78.7 Å². The van der Waals surface area contributed by atoms with Crippen LogP contribution in [-0.4, -0.2) is 188 Å². The van der Waals surface area contributed by atoms with Gasteiger partial charge in [-0.1, -0.05) is 23.5 Å². The van der Waals surface area contributed by atoms with Gasteiger partial charge in [-0.2, -0.15) is 0 Å². The molecular weight excluding hydrogens is 2270 g/mol. The Labute approximate surface area is 807 Å². The summed E-state index contributed by atoms with van der Waals surface area (Å²) in [4.78, 5) is 18.2. The molecule has 50 heteroatoms. The Morgan fingerprint density at radius 1 is 0.210 bits per heavy atom. The van der Waals surface area contributed by atoms with Crippen molar-refractivity contribution >= 4 is 124 Å². The van der Waals surface area contributed by atoms with Gasteiger partial charge in [-0.25, -0.2) is 0 Å². The fourth-order valence-corrected chi connectivity index (χ4v) is 21.0. The summed E-state index contributed by atoms with van der Waals surface area (Å²) in [7, 11) is -22.9. The zero-order chi connectivity index (χ0) is 99.3. The predicted molar refractivity (Wildman–Crippen MR) is 487 cm³/mol. The third-order valence-electron chi connectivity index (χ3n) is 16.1. The topological polar surface area (TPSA) is 236 Å². The first-order valence-corrected chi connectivity index (χ1v) is 59.0. The predicted octanol–water partition coefficient (Wildman–Crippen LogP) is 18.7. The van der Waals surface area contributed by atoms with Gasteiger partial charge in [-0.15, -0.1) is 0 Å². The van der Waals surface area contributed by atoms with Crippen LogP contribution in [0.15, 0.2) is 370 Å². The van der Waals surface area contributed by atoms with E-state index >= 15 is 0 Å². The fourth-order valence-electron chi connectivity index (χ4n) is 11.2. The number of halogens is 24. The molecule has 0 amide bonds. The van der Waals surface area contributed by atoms with Gasteiger partial charge in [-0.3, -0.25) is 4.70 Å². The van der Waals surface area contributed by atoms with Gasteiger partial charge in [0, 0.05) is 19.6 Å². The molecule has 0 saturated carbocycles. The van der Waals surface area contributed by atoms with Crippen LogP contribution in [-0.2, 0) is 43.6 Å². The molecule has 0 unspecified atom stereocenters. The molecule has 0 aromatic heterocycles. The van der Waals surface area contributed by atoms with Crippen LogP contribution in [0.25, 0.3) is 0 Å². The van der Waals surface area contributed by atoms with Gasteiger partial charge >= 0.3 is 133 Å². The van der Waals surface area contributed by atoms with Crippen LogP contribution >= 0.6 is 39.1 Å². The van der Waals surface area contributed by atoms with Crippen molar-refractivity contribution in [3.05, 3.63) is 291 Å². The molecule has 138 heavy (non-hydrogen) atoms. The van der Waals surface area contributed by atoms with Crippen LogP contribution in [0.4, 0.5) is 80.4 Å². The van der Waals surface area contributed by atoms with Gasteiger partial charge in [0.05, 0.1) is 96.4 Å². The van der Waals surface area contributed by atoms with Crippen molar-refractivity contribution in [3.8, 4) is 46.0 Å². The Morgan fingerprint density at radius 2 is 0.290 bits per heavy atom. The number of hydrogen-bond donors (Lipinski definition) is 8. The molecule has 0 saturated heterocycles. The molecule has 16 nitrogen and oxygen atoms in total. The fraction of sp³-hybridized carbons (Fsp3) is 0.182. The van der Waals surface area contributed by atoms with E-state index in [1.807, 2.05) is 97.1 Å². The van der Waals surface area contributed by atoms with Gasteiger partial charge in [0.15, 0.2) is 58.7 Å². The van der Waals surface area contributed by atoms with Crippen molar-refractivity contribution in [2.45, 2.75) is 78.3 Å². The standard InChI is InChI=1S/2C44H44O8S3.2F6P.12FH.2Sb.H/c2*45-25-29-49-33-1-13-39(14-2-33)54(40-15-3-34(4-16-40)50-30-26-46)43-21-9-37(10-22-43)53-38-11-23-44(24-12-38)55(41-17-5-35(6-18-41)51-31-27-47)42-19-7-36(8-20-42)52-32-28-48;2*1-7(2,3,4,5)6;;;;;;;;;;;;;;;/h2*1-24,45-48H,25-32H2;;;12*1H;;;/q2*+2;2*-1;;;;;;;;;;;;;+4;+5;/p-11. The molecule has 0 radical (unpaired) electrons. The molecule has 0 spiro atoms. The molecule has 0 atom stereocenters. The van der Waals surface area contributed by atoms with Crippen molar-refractivity contribution in [3.63, 3.8) is 0 Å². The van der Waals surface area contributed by atoms with E-state index in [-0.39, 0.29) is 120 Å². The summed E-state index contributed by atoms with van der Waals surface area (Å²) in [6, 6.07) is 99.0. The number of hydrogen-bond acceptors (Lipinski definition) is 18. The van der Waals surface area contributed by atoms with Crippen LogP contribution in [0.1, 0.15) is 0 Å². The number of aliphatic hydroxyl groups is 8. The molecule has 12 aromatic carbocycles. The first-order chi connectivity index (χ1) is 63.3. The normalized spacial score (nSPS) is 12.6. The van der Waals surface area contributed by atoms with Crippen LogP contribution in [0.2, 0.25) is 0 Å². The molecule has 0 aliphatic rings. The number of benzene rings is 12. The second-order valence-electron chi connectivity index (χ2n) is 26.6. The molecule has 12 aromatic rings. The number of rotatable bonds is 40. The SMILES string of the molecule is F.F[P-](F)(F)(F)(F)F.F[P-](F)(F)(F)(F)F.OCCOc1ccc([S+](c2ccc(OCCO)cc2)c2ccc(Sc3ccc([S+](c4ccc(OCCO)cc4)c4ccc(OCCO)cc4)cc3)cc2)cc1.OCCOc1ccc([S+](c2ccc(OCCO)cc2)c2ccc(Sc3ccc([S+](c4ccc(OCCO)cc4)c4ccc(OCCO)cc4)cc3)cc2)cc1.[F-].[F-].[F][SbH]([F])([F])[F].[F][Sb]([F])([F])([F])[F]. The van der Waals surface area contributed by atoms with E-state index in [9.17, 15) is 75.7 Å². The summed E-state index contributed by atoms with van der Waals surface area (Å²) in [6.45, 7) is 1.65. The molecule has 762 valence electrons. The number of ether oxygens (including phenoxy) is 8. The Bertz CT molecular complexity index is 4640. The van der Waals surface area contributed by atoms with E-state index < -0.39 is 101 Å². The third-order valence-corrected chi connectivity index (χ3v) is 27.0. The van der Waals surface area contributed by atoms with Gasteiger partial charge in [0.1, 0.15) is 98.9 Å². The summed E-state index contributed by atoms with van der Waals surface area (Å²) < 4.78 is 252. The van der Waals surface area contributed by atoms with Crippen LogP contribution in [0.5, 0.6) is 46.0 Å². The van der Waals surface area contributed by atoms with E-state index in [0.717, 1.165) is 78.3 Å². The summed E-state index contributed by atoms with van der Waals surface area (Å²) in [6.07, 6.45) is 0. The van der Waals surface area contributed by atoms with Crippen molar-refractivity contribution in [2.75, 3.05) is 106 Å². The van der Waals surface area contributed by atoms with E-state index in [2.05, 4.69) is 194 Å². The quantitative estimate of drug-likeness (QED) is 0.00771. The summed E-state index contributed by atoms with van der Waals surface area (Å²) in [5.41, 5.74) is 0. The molecule has 0 aliphatic carbocycles. The molecular formula is C88H90F24O16P2S6Sb2. The first-order valence-electron chi connectivity index (χ1n) is 39.2. The van der Waals surface area contributed by atoms with Gasteiger partial charge < -0.3 is 88.2 Å². The van der Waals surface area contributed by atoms with Gasteiger partial charge in [-0.05, 0) is 291 Å². The Morgan fingerprint density at radius 3 is 0.370 bits per heavy atom. The Balaban J connectivity index is 0.000000453. The van der Waals surface area contributed by atoms with Crippen molar-refractivity contribution in [1.29, 1.82) is 0 Å². The van der Waals surface area contributed by atoms with Gasteiger partial charge in [0.25, 0.3) is 0 Å². The first kappa shape index (κ1) is 122. The minimum atomic E-state index is -10.7. The van der Waals surface area contributed by atoms with Crippen molar-refractivity contribution in [1.82, 2.24) is 0 Å². The van der Waals surface area contributed by atoms with E-state index in [0.29, 0.717) is 46.0 Å². The average molecular weight is 2360 g/mol. The maximum absolute atomic E-state index is 10.7. The van der Waals surface area contributed by atoms with Crippen molar-refractivity contribution < 1.29 is 169 Å². The zero-order valence-corrected chi connectivity index (χ0v) is 83.4.